The molecule has 18 heavy (non-hydrogen) atoms. The Morgan fingerprint density at radius 3 is 2.56 bits per heavy atom. The smallest absolute Gasteiger partial charge is 0.260 e. The molecule has 5 nitrogen and oxygen atoms in total. The van der Waals surface area contributed by atoms with E-state index in [2.05, 4.69) is 12.0 Å². The minimum Gasteiger partial charge on any atom is -0.260 e. The first-order chi connectivity index (χ1) is 8.38. The van der Waals surface area contributed by atoms with Gasteiger partial charge in [-0.15, -0.1) is 11.6 Å². The van der Waals surface area contributed by atoms with Crippen LogP contribution in [0.1, 0.15) is 51.0 Å². The van der Waals surface area contributed by atoms with Gasteiger partial charge in [0.25, 0.3) is 0 Å². The van der Waals surface area contributed by atoms with Gasteiger partial charge in [-0.3, -0.25) is 14.8 Å². The number of aromatic nitrogens is 2. The summed E-state index contributed by atoms with van der Waals surface area (Å²) in [5, 5.41) is 15.3. The van der Waals surface area contributed by atoms with E-state index in [0.29, 0.717) is 17.8 Å². The summed E-state index contributed by atoms with van der Waals surface area (Å²) >= 11 is 6.21. The molecule has 1 aromatic heterocycles. The number of aryl methyl sites for hydroxylation is 1. The maximum Gasteiger partial charge on any atom is 0.313 e. The highest BCUT2D eigenvalue weighted by molar-refractivity contribution is 6.20. The Balaban J connectivity index is 3.15. The zero-order chi connectivity index (χ0) is 13.9. The van der Waals surface area contributed by atoms with Crippen molar-refractivity contribution in [2.24, 2.45) is 0 Å². The van der Waals surface area contributed by atoms with Crippen LogP contribution in [0.15, 0.2) is 0 Å². The van der Waals surface area contributed by atoms with Crippen LogP contribution >= 0.6 is 11.6 Å². The Morgan fingerprint density at radius 1 is 1.50 bits per heavy atom. The van der Waals surface area contributed by atoms with E-state index in [-0.39, 0.29) is 22.0 Å². The Morgan fingerprint density at radius 2 is 2.11 bits per heavy atom. The van der Waals surface area contributed by atoms with Gasteiger partial charge in [-0.2, -0.15) is 5.10 Å². The molecule has 0 saturated heterocycles. The number of nitro groups is 1. The molecule has 0 amide bonds. The third kappa shape index (κ3) is 3.22. The highest BCUT2D eigenvalue weighted by atomic mass is 35.5. The lowest BCUT2D eigenvalue weighted by molar-refractivity contribution is -0.386. The summed E-state index contributed by atoms with van der Waals surface area (Å²) in [6.45, 7) is 7.64. The van der Waals surface area contributed by atoms with Crippen molar-refractivity contribution in [1.82, 2.24) is 9.78 Å². The van der Waals surface area contributed by atoms with Gasteiger partial charge < -0.3 is 0 Å². The van der Waals surface area contributed by atoms with Crippen molar-refractivity contribution < 1.29 is 4.92 Å². The molecule has 0 spiro atoms. The molecule has 0 N–H and O–H groups in total. The average Bonchev–Trinajstić information content (AvgIpc) is 2.55. The van der Waals surface area contributed by atoms with Gasteiger partial charge >= 0.3 is 5.69 Å². The van der Waals surface area contributed by atoms with Crippen LogP contribution in [-0.2, 0) is 6.42 Å². The number of halogens is 1. The van der Waals surface area contributed by atoms with Gasteiger partial charge in [-0.05, 0) is 27.2 Å². The van der Waals surface area contributed by atoms with Crippen molar-refractivity contribution in [3.05, 3.63) is 21.5 Å². The molecule has 1 aromatic rings. The van der Waals surface area contributed by atoms with Gasteiger partial charge in [0.05, 0.1) is 4.92 Å². The van der Waals surface area contributed by atoms with Gasteiger partial charge in [0.2, 0.25) is 0 Å². The summed E-state index contributed by atoms with van der Waals surface area (Å²) in [7, 11) is 0. The van der Waals surface area contributed by atoms with Gasteiger partial charge in [-0.25, -0.2) is 0 Å². The fraction of sp³-hybridized carbons (Fsp3) is 0.750. The van der Waals surface area contributed by atoms with E-state index < -0.39 is 0 Å². The first-order valence-corrected chi connectivity index (χ1v) is 6.68. The van der Waals surface area contributed by atoms with E-state index in [0.717, 1.165) is 12.8 Å². The standard InChI is InChI=1S/C12H20ClN3O2/c1-5-6-10(13)7-11-12(16(17)18)9(4)14-15(11)8(2)3/h8,10H,5-7H2,1-4H3. The number of nitrogens with zero attached hydrogens (tertiary/aromatic N) is 3. The van der Waals surface area contributed by atoms with Crippen molar-refractivity contribution in [3.63, 3.8) is 0 Å². The van der Waals surface area contributed by atoms with E-state index in [1.54, 1.807) is 11.6 Å². The zero-order valence-corrected chi connectivity index (χ0v) is 12.1. The fourth-order valence-corrected chi connectivity index (χ4v) is 2.43. The molecule has 1 rings (SSSR count). The molecule has 0 aliphatic heterocycles. The number of hydrogen-bond acceptors (Lipinski definition) is 3. The first-order valence-electron chi connectivity index (χ1n) is 6.24. The summed E-state index contributed by atoms with van der Waals surface area (Å²) < 4.78 is 1.72. The maximum absolute atomic E-state index is 11.1. The molecule has 0 aliphatic rings. The predicted molar refractivity (Wildman–Crippen MR) is 72.3 cm³/mol. The topological polar surface area (TPSA) is 61.0 Å². The molecule has 0 aromatic carbocycles. The van der Waals surface area contributed by atoms with E-state index in [9.17, 15) is 10.1 Å². The first kappa shape index (κ1) is 15.0. The Hall–Kier alpha value is -1.10. The summed E-state index contributed by atoms with van der Waals surface area (Å²) in [6.07, 6.45) is 2.31. The summed E-state index contributed by atoms with van der Waals surface area (Å²) in [6, 6.07) is 0.0953. The highest BCUT2D eigenvalue weighted by Gasteiger charge is 2.27. The van der Waals surface area contributed by atoms with Crippen LogP contribution in [0.25, 0.3) is 0 Å². The van der Waals surface area contributed by atoms with Crippen LogP contribution in [0.5, 0.6) is 0 Å². The monoisotopic (exact) mass is 273 g/mol. The summed E-state index contributed by atoms with van der Waals surface area (Å²) in [4.78, 5) is 10.8. The van der Waals surface area contributed by atoms with Gasteiger partial charge in [0, 0.05) is 17.8 Å². The van der Waals surface area contributed by atoms with E-state index in [1.807, 2.05) is 13.8 Å². The zero-order valence-electron chi connectivity index (χ0n) is 11.3. The van der Waals surface area contributed by atoms with Crippen LogP contribution in [0.3, 0.4) is 0 Å². The molecule has 0 fully saturated rings. The van der Waals surface area contributed by atoms with Crippen LogP contribution in [0.4, 0.5) is 5.69 Å². The average molecular weight is 274 g/mol. The Labute approximate surface area is 112 Å². The van der Waals surface area contributed by atoms with E-state index in [1.165, 1.54) is 0 Å². The lowest BCUT2D eigenvalue weighted by Gasteiger charge is -2.12. The summed E-state index contributed by atoms with van der Waals surface area (Å²) in [5.41, 5.74) is 1.22. The van der Waals surface area contributed by atoms with Crippen LogP contribution in [0, 0.1) is 17.0 Å². The highest BCUT2D eigenvalue weighted by Crippen LogP contribution is 2.28. The molecular formula is C12H20ClN3O2. The largest absolute Gasteiger partial charge is 0.313 e. The second kappa shape index (κ2) is 6.18. The van der Waals surface area contributed by atoms with Crippen molar-refractivity contribution in [2.75, 3.05) is 0 Å². The number of alkyl halides is 1. The molecule has 0 radical (unpaired) electrons. The lowest BCUT2D eigenvalue weighted by Crippen LogP contribution is -2.13. The van der Waals surface area contributed by atoms with Crippen LogP contribution in [0.2, 0.25) is 0 Å². The van der Waals surface area contributed by atoms with E-state index in [4.69, 9.17) is 11.6 Å². The van der Waals surface area contributed by atoms with Gasteiger partial charge in [-0.1, -0.05) is 13.3 Å². The predicted octanol–water partition coefficient (Wildman–Crippen LogP) is 3.63. The molecule has 1 heterocycles. The molecule has 6 heteroatoms. The van der Waals surface area contributed by atoms with Gasteiger partial charge in [0.15, 0.2) is 0 Å². The Bertz CT molecular complexity index is 429. The molecule has 0 saturated carbocycles. The van der Waals surface area contributed by atoms with Gasteiger partial charge in [0.1, 0.15) is 11.4 Å². The second-order valence-corrected chi connectivity index (χ2v) is 5.38. The molecular weight excluding hydrogens is 254 g/mol. The molecule has 1 unspecified atom stereocenters. The number of rotatable bonds is 6. The lowest BCUT2D eigenvalue weighted by atomic mass is 10.1. The van der Waals surface area contributed by atoms with Crippen LogP contribution < -0.4 is 0 Å². The van der Waals surface area contributed by atoms with Crippen molar-refractivity contribution in [3.8, 4) is 0 Å². The van der Waals surface area contributed by atoms with Crippen molar-refractivity contribution in [1.29, 1.82) is 0 Å². The molecule has 1 atom stereocenters. The van der Waals surface area contributed by atoms with Crippen molar-refractivity contribution >= 4 is 17.3 Å². The van der Waals surface area contributed by atoms with Crippen LogP contribution in [-0.4, -0.2) is 20.1 Å². The summed E-state index contributed by atoms with van der Waals surface area (Å²) in [5.74, 6) is 0. The third-order valence-corrected chi connectivity index (χ3v) is 3.21. The molecule has 102 valence electrons. The second-order valence-electron chi connectivity index (χ2n) is 4.77. The molecule has 0 bridgehead atoms. The Kier molecular flexibility index (Phi) is 5.14. The minimum absolute atomic E-state index is 0.0812. The van der Waals surface area contributed by atoms with Crippen molar-refractivity contribution in [2.45, 2.75) is 58.4 Å². The quantitative estimate of drug-likeness (QED) is 0.452. The van der Waals surface area contributed by atoms with E-state index >= 15 is 0 Å². The maximum atomic E-state index is 11.1. The molecule has 0 aliphatic carbocycles. The third-order valence-electron chi connectivity index (χ3n) is 2.84. The number of hydrogen-bond donors (Lipinski definition) is 0. The SMILES string of the molecule is CCCC(Cl)Cc1c([N+](=O)[O-])c(C)nn1C(C)C. The minimum atomic E-state index is -0.355. The fourth-order valence-electron chi connectivity index (χ4n) is 2.07. The normalized spacial score (nSPS) is 13.0.